The molecule has 2 N–H and O–H groups in total. The number of hydrogen-bond acceptors (Lipinski definition) is 2. The first kappa shape index (κ1) is 14.5. The van der Waals surface area contributed by atoms with Gasteiger partial charge in [0.1, 0.15) is 0 Å². The number of fused-ring (bicyclic) bond motifs is 5. The van der Waals surface area contributed by atoms with E-state index in [2.05, 4.69) is 13.8 Å². The third-order valence-electron chi connectivity index (χ3n) is 8.38. The van der Waals surface area contributed by atoms with Crippen LogP contribution in [0.1, 0.15) is 71.6 Å². The van der Waals surface area contributed by atoms with Gasteiger partial charge < -0.3 is 10.2 Å². The highest BCUT2D eigenvalue weighted by molar-refractivity contribution is 5.08. The van der Waals surface area contributed by atoms with Gasteiger partial charge in [0.2, 0.25) is 0 Å². The minimum atomic E-state index is -0.0440. The number of hydrogen-bond donors (Lipinski definition) is 2. The molecule has 120 valence electrons. The summed E-state index contributed by atoms with van der Waals surface area (Å²) in [5.41, 5.74) is 0.884. The van der Waals surface area contributed by atoms with Gasteiger partial charge in [-0.2, -0.15) is 0 Å². The zero-order valence-electron chi connectivity index (χ0n) is 13.7. The molecular formula is C19H32O2. The van der Waals surface area contributed by atoms with Crippen LogP contribution in [0.5, 0.6) is 0 Å². The summed E-state index contributed by atoms with van der Waals surface area (Å²) in [5, 5.41) is 20.3. The van der Waals surface area contributed by atoms with Crippen LogP contribution in [0.3, 0.4) is 0 Å². The smallest absolute Gasteiger partial charge is 0.0548 e. The summed E-state index contributed by atoms with van der Waals surface area (Å²) in [6.45, 7) is 4.98. The molecule has 0 saturated heterocycles. The molecule has 0 aliphatic heterocycles. The van der Waals surface area contributed by atoms with Crippen LogP contribution in [0.25, 0.3) is 0 Å². The Labute approximate surface area is 129 Å². The van der Waals surface area contributed by atoms with Gasteiger partial charge in [-0.3, -0.25) is 0 Å². The molecule has 8 atom stereocenters. The highest BCUT2D eigenvalue weighted by Crippen LogP contribution is 2.66. The predicted octanol–water partition coefficient (Wildman–Crippen LogP) is 3.75. The van der Waals surface area contributed by atoms with Gasteiger partial charge in [-0.05, 0) is 92.3 Å². The van der Waals surface area contributed by atoms with Crippen LogP contribution in [0.2, 0.25) is 0 Å². The molecule has 4 aliphatic carbocycles. The Kier molecular flexibility index (Phi) is 3.25. The molecule has 21 heavy (non-hydrogen) atoms. The van der Waals surface area contributed by atoms with Crippen LogP contribution < -0.4 is 0 Å². The van der Waals surface area contributed by atoms with Crippen molar-refractivity contribution in [3.8, 4) is 0 Å². The average molecular weight is 292 g/mol. The molecule has 4 aliphatic rings. The molecule has 2 heteroatoms. The van der Waals surface area contributed by atoms with E-state index in [1.807, 2.05) is 0 Å². The van der Waals surface area contributed by atoms with E-state index >= 15 is 0 Å². The minimum absolute atomic E-state index is 0.0400. The van der Waals surface area contributed by atoms with Crippen LogP contribution in [0.15, 0.2) is 0 Å². The molecule has 0 heterocycles. The maximum atomic E-state index is 10.2. The third-order valence-corrected chi connectivity index (χ3v) is 8.38. The first-order valence-electron chi connectivity index (χ1n) is 9.28. The average Bonchev–Trinajstić information content (AvgIpc) is 2.74. The van der Waals surface area contributed by atoms with Gasteiger partial charge in [0.15, 0.2) is 0 Å². The zero-order chi connectivity index (χ0) is 14.8. The van der Waals surface area contributed by atoms with Crippen LogP contribution in [-0.2, 0) is 0 Å². The lowest BCUT2D eigenvalue weighted by atomic mass is 9.45. The first-order chi connectivity index (χ1) is 9.92. The molecule has 0 amide bonds. The van der Waals surface area contributed by atoms with Gasteiger partial charge in [-0.25, -0.2) is 0 Å². The second-order valence-corrected chi connectivity index (χ2v) is 9.37. The Balaban J connectivity index is 1.62. The van der Waals surface area contributed by atoms with Gasteiger partial charge in [-0.1, -0.05) is 13.8 Å². The molecule has 4 fully saturated rings. The molecule has 4 rings (SSSR count). The molecule has 0 aromatic rings. The molecule has 1 unspecified atom stereocenters. The topological polar surface area (TPSA) is 40.5 Å². The zero-order valence-corrected chi connectivity index (χ0v) is 13.7. The summed E-state index contributed by atoms with van der Waals surface area (Å²) in [7, 11) is 0. The van der Waals surface area contributed by atoms with E-state index in [4.69, 9.17) is 0 Å². The fourth-order valence-corrected chi connectivity index (χ4v) is 7.26. The van der Waals surface area contributed by atoms with Gasteiger partial charge in [0.05, 0.1) is 12.2 Å². The highest BCUT2D eigenvalue weighted by atomic mass is 16.3. The van der Waals surface area contributed by atoms with Crippen LogP contribution in [-0.4, -0.2) is 22.4 Å². The molecule has 0 aromatic carbocycles. The Morgan fingerprint density at radius 1 is 0.810 bits per heavy atom. The Hall–Kier alpha value is -0.0800. The molecule has 2 nitrogen and oxygen atoms in total. The van der Waals surface area contributed by atoms with Crippen molar-refractivity contribution < 1.29 is 10.2 Å². The predicted molar refractivity (Wildman–Crippen MR) is 83.7 cm³/mol. The standard InChI is InChI=1S/C19H32O2/c1-18-7-6-16-15(17(18)10-14(21)11-18)4-3-12-9-13(20)5-8-19(12,16)2/h12-17,20-21H,3-11H2,1-2H3/t12-,13?,14+,15+,16-,17-,18+,19-/m0/s1. The molecule has 0 spiro atoms. The summed E-state index contributed by atoms with van der Waals surface area (Å²) in [4.78, 5) is 0. The van der Waals surface area contributed by atoms with Gasteiger partial charge in [0.25, 0.3) is 0 Å². The summed E-state index contributed by atoms with van der Waals surface area (Å²) >= 11 is 0. The molecule has 0 bridgehead atoms. The SMILES string of the molecule is C[C@]12CC[C@H]3[C@@H](CC[C@H]4CC(O)CC[C@@]43C)[C@@H]1C[C@@H](O)C2. The van der Waals surface area contributed by atoms with Crippen molar-refractivity contribution in [1.29, 1.82) is 0 Å². The lowest BCUT2D eigenvalue weighted by Gasteiger charge is -2.60. The third kappa shape index (κ3) is 2.05. The van der Waals surface area contributed by atoms with E-state index in [0.717, 1.165) is 49.4 Å². The van der Waals surface area contributed by atoms with Crippen LogP contribution in [0, 0.1) is 34.5 Å². The Bertz CT molecular complexity index is 422. The molecule has 0 radical (unpaired) electrons. The highest BCUT2D eigenvalue weighted by Gasteiger charge is 2.58. The van der Waals surface area contributed by atoms with E-state index in [1.165, 1.54) is 32.1 Å². The van der Waals surface area contributed by atoms with Crippen molar-refractivity contribution in [3.63, 3.8) is 0 Å². The lowest BCUT2D eigenvalue weighted by Crippen LogP contribution is -2.53. The van der Waals surface area contributed by atoms with E-state index in [-0.39, 0.29) is 12.2 Å². The van der Waals surface area contributed by atoms with E-state index in [1.54, 1.807) is 0 Å². The Morgan fingerprint density at radius 2 is 1.62 bits per heavy atom. The quantitative estimate of drug-likeness (QED) is 0.714. The number of rotatable bonds is 0. The normalized spacial score (nSPS) is 60.0. The second-order valence-electron chi connectivity index (χ2n) is 9.37. The lowest BCUT2D eigenvalue weighted by molar-refractivity contribution is -0.120. The molecule has 0 aromatic heterocycles. The van der Waals surface area contributed by atoms with Crippen molar-refractivity contribution in [2.24, 2.45) is 34.5 Å². The fraction of sp³-hybridized carbons (Fsp3) is 1.00. The van der Waals surface area contributed by atoms with Gasteiger partial charge >= 0.3 is 0 Å². The van der Waals surface area contributed by atoms with E-state index in [9.17, 15) is 10.2 Å². The molecule has 4 saturated carbocycles. The van der Waals surface area contributed by atoms with Crippen molar-refractivity contribution in [2.75, 3.05) is 0 Å². The summed E-state index contributed by atoms with van der Waals surface area (Å²) in [6, 6.07) is 0. The van der Waals surface area contributed by atoms with E-state index < -0.39 is 0 Å². The number of aliphatic hydroxyl groups excluding tert-OH is 2. The summed E-state index contributed by atoms with van der Waals surface area (Å²) in [5.74, 6) is 3.21. The number of aliphatic hydroxyl groups is 2. The summed E-state index contributed by atoms with van der Waals surface area (Å²) in [6.07, 6.45) is 10.7. The van der Waals surface area contributed by atoms with Crippen LogP contribution in [0.4, 0.5) is 0 Å². The van der Waals surface area contributed by atoms with Crippen molar-refractivity contribution >= 4 is 0 Å². The molecular weight excluding hydrogens is 260 g/mol. The first-order valence-corrected chi connectivity index (χ1v) is 9.28. The van der Waals surface area contributed by atoms with E-state index in [0.29, 0.717) is 10.8 Å². The van der Waals surface area contributed by atoms with Gasteiger partial charge in [0, 0.05) is 0 Å². The Morgan fingerprint density at radius 3 is 2.43 bits per heavy atom. The maximum Gasteiger partial charge on any atom is 0.0548 e. The fourth-order valence-electron chi connectivity index (χ4n) is 7.26. The summed E-state index contributed by atoms with van der Waals surface area (Å²) < 4.78 is 0. The minimum Gasteiger partial charge on any atom is -0.393 e. The maximum absolute atomic E-state index is 10.2. The van der Waals surface area contributed by atoms with Crippen molar-refractivity contribution in [2.45, 2.75) is 83.8 Å². The monoisotopic (exact) mass is 292 g/mol. The van der Waals surface area contributed by atoms with Crippen molar-refractivity contribution in [3.05, 3.63) is 0 Å². The van der Waals surface area contributed by atoms with Gasteiger partial charge in [-0.15, -0.1) is 0 Å². The largest absolute Gasteiger partial charge is 0.393 e. The van der Waals surface area contributed by atoms with Crippen LogP contribution >= 0.6 is 0 Å². The second kappa shape index (κ2) is 4.71. The van der Waals surface area contributed by atoms with Crippen molar-refractivity contribution in [1.82, 2.24) is 0 Å².